The Balaban J connectivity index is 3.90. The number of carbonyl (C=O) groups is 1. The molecule has 0 aromatic heterocycles. The fraction of sp³-hybridized carbons (Fsp3) is 0.625. The van der Waals surface area contributed by atoms with Crippen LogP contribution in [0.25, 0.3) is 0 Å². The van der Waals surface area contributed by atoms with Gasteiger partial charge >= 0.3 is 0 Å². The molecule has 0 spiro atoms. The van der Waals surface area contributed by atoms with Gasteiger partial charge in [0.25, 0.3) is 0 Å². The Morgan fingerprint density at radius 3 is 2.62 bits per heavy atom. The SMILES string of the molecule is [B]P(C)OCC=CC(C)(C)C(=O)Cl. The maximum Gasteiger partial charge on any atom is 0.231 e. The van der Waals surface area contributed by atoms with E-state index in [9.17, 15) is 4.79 Å². The number of rotatable bonds is 5. The maximum absolute atomic E-state index is 10.8. The van der Waals surface area contributed by atoms with Gasteiger partial charge in [0.2, 0.25) is 5.24 Å². The molecule has 0 N–H and O–H groups in total. The zero-order chi connectivity index (χ0) is 10.5. The number of hydrogen-bond donors (Lipinski definition) is 0. The van der Waals surface area contributed by atoms with E-state index in [1.807, 2.05) is 0 Å². The molecule has 1 unspecified atom stereocenters. The molecular formula is C8H13BClO2P. The summed E-state index contributed by atoms with van der Waals surface area (Å²) in [6.45, 7) is 5.72. The molecule has 0 fully saturated rings. The van der Waals surface area contributed by atoms with Crippen LogP contribution < -0.4 is 0 Å². The van der Waals surface area contributed by atoms with E-state index in [-0.39, 0.29) is 5.24 Å². The van der Waals surface area contributed by atoms with Gasteiger partial charge in [-0.2, -0.15) is 0 Å². The van der Waals surface area contributed by atoms with Gasteiger partial charge in [0.15, 0.2) is 0 Å². The topological polar surface area (TPSA) is 26.3 Å². The average Bonchev–Trinajstić information content (AvgIpc) is 1.97. The van der Waals surface area contributed by atoms with E-state index < -0.39 is 13.4 Å². The van der Waals surface area contributed by atoms with Gasteiger partial charge in [-0.1, -0.05) is 12.2 Å². The van der Waals surface area contributed by atoms with Crippen LogP contribution in [0.1, 0.15) is 13.8 Å². The van der Waals surface area contributed by atoms with Crippen molar-refractivity contribution in [1.29, 1.82) is 0 Å². The monoisotopic (exact) mass is 218 g/mol. The predicted molar refractivity (Wildman–Crippen MR) is 58.3 cm³/mol. The first-order valence-electron chi connectivity index (χ1n) is 3.85. The Bertz CT molecular complexity index is 204. The average molecular weight is 218 g/mol. The highest BCUT2D eigenvalue weighted by Crippen LogP contribution is 2.25. The third-order valence-corrected chi connectivity index (χ3v) is 2.46. The lowest BCUT2D eigenvalue weighted by molar-refractivity contribution is -0.116. The molecule has 0 aliphatic heterocycles. The molecule has 1 atom stereocenters. The molecule has 5 heteroatoms. The fourth-order valence-corrected chi connectivity index (χ4v) is 0.953. The molecule has 0 saturated carbocycles. The Morgan fingerprint density at radius 2 is 2.23 bits per heavy atom. The Morgan fingerprint density at radius 1 is 1.69 bits per heavy atom. The van der Waals surface area contributed by atoms with Crippen LogP contribution in [0.4, 0.5) is 0 Å². The van der Waals surface area contributed by atoms with Crippen LogP contribution >= 0.6 is 19.6 Å². The predicted octanol–water partition coefficient (Wildman–Crippen LogP) is 2.46. The molecule has 0 amide bonds. The van der Waals surface area contributed by atoms with Crippen molar-refractivity contribution >= 4 is 32.4 Å². The van der Waals surface area contributed by atoms with Crippen molar-refractivity contribution in [3.05, 3.63) is 12.2 Å². The van der Waals surface area contributed by atoms with E-state index in [2.05, 4.69) is 0 Å². The highest BCUT2D eigenvalue weighted by molar-refractivity contribution is 7.77. The normalized spacial score (nSPS) is 14.8. The Kier molecular flexibility index (Phi) is 5.86. The van der Waals surface area contributed by atoms with Gasteiger partial charge in [-0.05, 0) is 40.1 Å². The minimum Gasteiger partial charge on any atom is -0.367 e. The third kappa shape index (κ3) is 6.26. The summed E-state index contributed by atoms with van der Waals surface area (Å²) in [6, 6.07) is 0. The molecule has 0 rings (SSSR count). The molecule has 0 bridgehead atoms. The number of allylic oxidation sites excluding steroid dienone is 1. The summed E-state index contributed by atoms with van der Waals surface area (Å²) >= 11 is 5.36. The first kappa shape index (κ1) is 13.2. The highest BCUT2D eigenvalue weighted by atomic mass is 35.5. The van der Waals surface area contributed by atoms with Gasteiger partial charge in [-0.3, -0.25) is 4.79 Å². The van der Waals surface area contributed by atoms with Crippen LogP contribution in [0.15, 0.2) is 12.2 Å². The maximum atomic E-state index is 10.8. The second-order valence-electron chi connectivity index (χ2n) is 3.24. The summed E-state index contributed by atoms with van der Waals surface area (Å²) in [5, 5.41) is -0.379. The minimum absolute atomic E-state index is 0.379. The summed E-state index contributed by atoms with van der Waals surface area (Å²) in [7, 11) is 4.59. The Labute approximate surface area is 86.9 Å². The summed E-state index contributed by atoms with van der Waals surface area (Å²) in [5.41, 5.74) is -0.629. The van der Waals surface area contributed by atoms with Crippen molar-refractivity contribution in [2.24, 2.45) is 5.41 Å². The molecular weight excluding hydrogens is 205 g/mol. The van der Waals surface area contributed by atoms with Gasteiger partial charge in [0, 0.05) is 0 Å². The molecule has 0 aromatic rings. The van der Waals surface area contributed by atoms with E-state index in [1.54, 1.807) is 32.7 Å². The van der Waals surface area contributed by atoms with Crippen molar-refractivity contribution in [3.63, 3.8) is 0 Å². The number of hydrogen-bond acceptors (Lipinski definition) is 2. The van der Waals surface area contributed by atoms with Gasteiger partial charge in [-0.15, -0.1) is 0 Å². The van der Waals surface area contributed by atoms with Gasteiger partial charge < -0.3 is 4.52 Å². The summed E-state index contributed by atoms with van der Waals surface area (Å²) in [6.07, 6.45) is 3.48. The largest absolute Gasteiger partial charge is 0.367 e. The van der Waals surface area contributed by atoms with Crippen LogP contribution in [0.2, 0.25) is 0 Å². The molecule has 72 valence electrons. The highest BCUT2D eigenvalue weighted by Gasteiger charge is 2.21. The van der Waals surface area contributed by atoms with E-state index in [0.29, 0.717) is 6.61 Å². The zero-order valence-electron chi connectivity index (χ0n) is 8.08. The van der Waals surface area contributed by atoms with E-state index in [4.69, 9.17) is 23.7 Å². The van der Waals surface area contributed by atoms with Crippen molar-refractivity contribution in [1.82, 2.24) is 0 Å². The second-order valence-corrected chi connectivity index (χ2v) is 4.93. The molecule has 0 aromatic carbocycles. The first-order valence-corrected chi connectivity index (χ1v) is 6.00. The number of carbonyl (C=O) groups excluding carboxylic acids is 1. The smallest absolute Gasteiger partial charge is 0.231 e. The standard InChI is InChI=1S/C8H13BClO2P/c1-8(2,7(10)11)5-4-6-12-13(3)9/h4-5H,6H2,1-3H3. The van der Waals surface area contributed by atoms with Crippen LogP contribution in [-0.2, 0) is 9.32 Å². The van der Waals surface area contributed by atoms with Crippen LogP contribution in [-0.4, -0.2) is 26.1 Å². The van der Waals surface area contributed by atoms with E-state index >= 15 is 0 Å². The summed E-state index contributed by atoms with van der Waals surface area (Å²) in [4.78, 5) is 10.8. The third-order valence-electron chi connectivity index (χ3n) is 1.42. The van der Waals surface area contributed by atoms with Crippen LogP contribution in [0.5, 0.6) is 0 Å². The second kappa shape index (κ2) is 5.80. The summed E-state index contributed by atoms with van der Waals surface area (Å²) < 4.78 is 5.12. The lowest BCUT2D eigenvalue weighted by atomic mass is 9.95. The molecule has 0 aliphatic rings. The van der Waals surface area contributed by atoms with Crippen molar-refractivity contribution in [2.45, 2.75) is 13.8 Å². The molecule has 2 radical (unpaired) electrons. The minimum atomic E-state index is -0.832. The number of halogens is 1. The first-order chi connectivity index (χ1) is 5.86. The van der Waals surface area contributed by atoms with E-state index in [0.717, 1.165) is 0 Å². The van der Waals surface area contributed by atoms with Gasteiger partial charge in [0.1, 0.15) is 7.57 Å². The van der Waals surface area contributed by atoms with Gasteiger partial charge in [0.05, 0.1) is 12.0 Å². The van der Waals surface area contributed by atoms with Crippen molar-refractivity contribution in [2.75, 3.05) is 13.3 Å². The molecule has 0 heterocycles. The summed E-state index contributed by atoms with van der Waals surface area (Å²) in [5.74, 6) is 0. The zero-order valence-corrected chi connectivity index (χ0v) is 9.73. The van der Waals surface area contributed by atoms with Crippen molar-refractivity contribution in [3.8, 4) is 0 Å². The molecule has 13 heavy (non-hydrogen) atoms. The lowest BCUT2D eigenvalue weighted by Gasteiger charge is -2.13. The quantitative estimate of drug-likeness (QED) is 0.307. The fourth-order valence-electron chi connectivity index (χ4n) is 0.569. The molecule has 0 aliphatic carbocycles. The Hall–Kier alpha value is 0.155. The van der Waals surface area contributed by atoms with Crippen LogP contribution in [0, 0.1) is 5.41 Å². The molecule has 0 saturated heterocycles. The lowest BCUT2D eigenvalue weighted by Crippen LogP contribution is -2.15. The van der Waals surface area contributed by atoms with E-state index in [1.165, 1.54) is 0 Å². The van der Waals surface area contributed by atoms with Gasteiger partial charge in [-0.25, -0.2) is 0 Å². The van der Waals surface area contributed by atoms with Crippen LogP contribution in [0.3, 0.4) is 0 Å². The molecule has 2 nitrogen and oxygen atoms in total. The van der Waals surface area contributed by atoms with Crippen molar-refractivity contribution < 1.29 is 9.32 Å².